The number of aromatic amines is 1. The highest BCUT2D eigenvalue weighted by molar-refractivity contribution is 6.30. The molecule has 2 aliphatic rings. The molecule has 1 aliphatic heterocycles. The van der Waals surface area contributed by atoms with Gasteiger partial charge in [-0.3, -0.25) is 5.10 Å². The first-order valence-corrected chi connectivity index (χ1v) is 7.68. The number of benzene rings is 2. The third kappa shape index (κ3) is 1.97. The van der Waals surface area contributed by atoms with Gasteiger partial charge in [0, 0.05) is 28.3 Å². The van der Waals surface area contributed by atoms with Crippen LogP contribution in [0.2, 0.25) is 5.02 Å². The largest absolute Gasteiger partial charge is 0.454 e. The molecular formula is C17H12ClN3O2. The predicted octanol–water partition coefficient (Wildman–Crippen LogP) is 4.11. The van der Waals surface area contributed by atoms with E-state index >= 15 is 0 Å². The lowest BCUT2D eigenvalue weighted by Crippen LogP contribution is -1.94. The zero-order valence-electron chi connectivity index (χ0n) is 12.0. The van der Waals surface area contributed by atoms with Crippen molar-refractivity contribution in [3.05, 3.63) is 52.5 Å². The number of hydrogen-bond donors (Lipinski definition) is 2. The number of fused-ring (bicyclic) bond motifs is 4. The average molecular weight is 326 g/mol. The third-order valence-electron chi connectivity index (χ3n) is 4.18. The van der Waals surface area contributed by atoms with Crippen LogP contribution in [-0.2, 0) is 6.42 Å². The van der Waals surface area contributed by atoms with E-state index in [2.05, 4.69) is 15.5 Å². The molecule has 0 saturated carbocycles. The quantitative estimate of drug-likeness (QED) is 0.582. The van der Waals surface area contributed by atoms with E-state index in [9.17, 15) is 0 Å². The van der Waals surface area contributed by atoms with Crippen LogP contribution in [0.3, 0.4) is 0 Å². The van der Waals surface area contributed by atoms with Crippen molar-refractivity contribution in [2.24, 2.45) is 0 Å². The number of nitrogens with zero attached hydrogens (tertiary/aromatic N) is 1. The van der Waals surface area contributed by atoms with Crippen molar-refractivity contribution in [2.75, 3.05) is 12.1 Å². The summed E-state index contributed by atoms with van der Waals surface area (Å²) in [7, 11) is 0. The van der Waals surface area contributed by atoms with Gasteiger partial charge < -0.3 is 14.8 Å². The molecule has 0 atom stereocenters. The molecule has 0 amide bonds. The Balaban J connectivity index is 1.53. The van der Waals surface area contributed by atoms with Crippen LogP contribution >= 0.6 is 11.6 Å². The lowest BCUT2D eigenvalue weighted by Gasteiger charge is -2.06. The minimum Gasteiger partial charge on any atom is -0.454 e. The maximum absolute atomic E-state index is 6.04. The Morgan fingerprint density at radius 3 is 2.87 bits per heavy atom. The fourth-order valence-electron chi connectivity index (χ4n) is 3.12. The van der Waals surface area contributed by atoms with E-state index in [1.54, 1.807) is 0 Å². The summed E-state index contributed by atoms with van der Waals surface area (Å²) in [6.45, 7) is 0.285. The number of nitrogens with one attached hydrogen (secondary N) is 2. The van der Waals surface area contributed by atoms with Gasteiger partial charge in [0.2, 0.25) is 6.79 Å². The van der Waals surface area contributed by atoms with E-state index in [1.807, 2.05) is 36.4 Å². The number of halogens is 1. The van der Waals surface area contributed by atoms with Crippen molar-refractivity contribution in [3.8, 4) is 22.8 Å². The summed E-state index contributed by atoms with van der Waals surface area (Å²) in [6.07, 6.45) is 0.806. The summed E-state index contributed by atoms with van der Waals surface area (Å²) in [5, 5.41) is 11.6. The zero-order chi connectivity index (χ0) is 15.4. The Labute approximate surface area is 137 Å². The van der Waals surface area contributed by atoms with E-state index in [4.69, 9.17) is 21.1 Å². The second-order valence-corrected chi connectivity index (χ2v) is 6.04. The lowest BCUT2D eigenvalue weighted by atomic mass is 10.1. The van der Waals surface area contributed by atoms with Crippen molar-refractivity contribution in [1.29, 1.82) is 0 Å². The number of rotatable bonds is 2. The number of H-pyrrole nitrogens is 1. The first kappa shape index (κ1) is 12.8. The van der Waals surface area contributed by atoms with Gasteiger partial charge in [0.1, 0.15) is 5.82 Å². The molecule has 0 unspecified atom stereocenters. The molecule has 6 heteroatoms. The standard InChI is InChI=1S/C17H12ClN3O2/c18-10-2-1-3-11(6-10)19-17-13-4-9-5-14-15(23-8-22-14)7-12(9)16(13)20-21-17/h1-3,5-7H,4,8H2,(H2,19,20,21). The average Bonchev–Trinajstić information content (AvgIpc) is 3.21. The molecule has 114 valence electrons. The lowest BCUT2D eigenvalue weighted by molar-refractivity contribution is 0.174. The number of aromatic nitrogens is 2. The molecule has 0 fully saturated rings. The van der Waals surface area contributed by atoms with Gasteiger partial charge in [-0.1, -0.05) is 17.7 Å². The van der Waals surface area contributed by atoms with Gasteiger partial charge in [-0.2, -0.15) is 5.10 Å². The molecular weight excluding hydrogens is 314 g/mol. The molecule has 5 rings (SSSR count). The second-order valence-electron chi connectivity index (χ2n) is 5.60. The topological polar surface area (TPSA) is 59.2 Å². The maximum atomic E-state index is 6.04. The molecule has 0 spiro atoms. The Kier molecular flexibility index (Phi) is 2.60. The van der Waals surface area contributed by atoms with Crippen LogP contribution in [-0.4, -0.2) is 17.0 Å². The number of hydrogen-bond acceptors (Lipinski definition) is 4. The molecule has 0 radical (unpaired) electrons. The van der Waals surface area contributed by atoms with Crippen molar-refractivity contribution in [2.45, 2.75) is 6.42 Å². The van der Waals surface area contributed by atoms with E-state index in [0.717, 1.165) is 46.2 Å². The zero-order valence-corrected chi connectivity index (χ0v) is 12.8. The highest BCUT2D eigenvalue weighted by Crippen LogP contribution is 2.45. The van der Waals surface area contributed by atoms with Crippen LogP contribution in [0.25, 0.3) is 11.3 Å². The minimum absolute atomic E-state index is 0.285. The molecule has 3 aromatic rings. The summed E-state index contributed by atoms with van der Waals surface area (Å²) in [4.78, 5) is 0. The molecule has 0 saturated heterocycles. The van der Waals surface area contributed by atoms with Gasteiger partial charge in [-0.05, 0) is 35.9 Å². The Hall–Kier alpha value is -2.66. The fourth-order valence-corrected chi connectivity index (χ4v) is 3.31. The number of ether oxygens (including phenoxy) is 2. The van der Waals surface area contributed by atoms with Crippen LogP contribution in [0.4, 0.5) is 11.5 Å². The summed E-state index contributed by atoms with van der Waals surface area (Å²) in [6, 6.07) is 11.7. The van der Waals surface area contributed by atoms with Crippen LogP contribution in [0.1, 0.15) is 11.1 Å². The van der Waals surface area contributed by atoms with Gasteiger partial charge in [0.05, 0.1) is 5.69 Å². The van der Waals surface area contributed by atoms with Gasteiger partial charge >= 0.3 is 0 Å². The van der Waals surface area contributed by atoms with Gasteiger partial charge in [-0.25, -0.2) is 0 Å². The van der Waals surface area contributed by atoms with Crippen molar-refractivity contribution < 1.29 is 9.47 Å². The van der Waals surface area contributed by atoms with E-state index in [1.165, 1.54) is 5.56 Å². The molecule has 2 heterocycles. The van der Waals surface area contributed by atoms with Crippen LogP contribution in [0.5, 0.6) is 11.5 Å². The summed E-state index contributed by atoms with van der Waals surface area (Å²) in [5.74, 6) is 2.48. The van der Waals surface area contributed by atoms with Gasteiger partial charge in [-0.15, -0.1) is 0 Å². The molecule has 1 aliphatic carbocycles. The summed E-state index contributed by atoms with van der Waals surface area (Å²) < 4.78 is 10.9. The minimum atomic E-state index is 0.285. The van der Waals surface area contributed by atoms with Crippen molar-refractivity contribution >= 4 is 23.1 Å². The van der Waals surface area contributed by atoms with Crippen molar-refractivity contribution in [1.82, 2.24) is 10.2 Å². The highest BCUT2D eigenvalue weighted by Gasteiger charge is 2.28. The number of anilines is 2. The van der Waals surface area contributed by atoms with Gasteiger partial charge in [0.25, 0.3) is 0 Å². The monoisotopic (exact) mass is 325 g/mol. The summed E-state index contributed by atoms with van der Waals surface area (Å²) in [5.41, 5.74) is 5.33. The summed E-state index contributed by atoms with van der Waals surface area (Å²) >= 11 is 6.04. The van der Waals surface area contributed by atoms with E-state index in [-0.39, 0.29) is 6.79 Å². The third-order valence-corrected chi connectivity index (χ3v) is 4.42. The van der Waals surface area contributed by atoms with E-state index in [0.29, 0.717) is 5.02 Å². The highest BCUT2D eigenvalue weighted by atomic mass is 35.5. The van der Waals surface area contributed by atoms with Crippen LogP contribution < -0.4 is 14.8 Å². The first-order chi connectivity index (χ1) is 11.3. The Morgan fingerprint density at radius 2 is 2.00 bits per heavy atom. The van der Waals surface area contributed by atoms with Crippen LogP contribution in [0, 0.1) is 0 Å². The first-order valence-electron chi connectivity index (χ1n) is 7.30. The predicted molar refractivity (Wildman–Crippen MR) is 87.7 cm³/mol. The molecule has 1 aromatic heterocycles. The Morgan fingerprint density at radius 1 is 1.13 bits per heavy atom. The second kappa shape index (κ2) is 4.67. The Bertz CT molecular complexity index is 936. The molecule has 23 heavy (non-hydrogen) atoms. The molecule has 5 nitrogen and oxygen atoms in total. The SMILES string of the molecule is Clc1cccc(Nc2[nH]nc3c2Cc2cc4c(cc2-3)OCO4)c1. The smallest absolute Gasteiger partial charge is 0.231 e. The fraction of sp³-hybridized carbons (Fsp3) is 0.118. The van der Waals surface area contributed by atoms with Crippen LogP contribution in [0.15, 0.2) is 36.4 Å². The molecule has 2 N–H and O–H groups in total. The van der Waals surface area contributed by atoms with E-state index < -0.39 is 0 Å². The van der Waals surface area contributed by atoms with Crippen molar-refractivity contribution in [3.63, 3.8) is 0 Å². The normalized spacial score (nSPS) is 13.8. The maximum Gasteiger partial charge on any atom is 0.231 e. The van der Waals surface area contributed by atoms with Gasteiger partial charge in [0.15, 0.2) is 11.5 Å². The molecule has 2 aromatic carbocycles. The molecule has 0 bridgehead atoms.